The number of rotatable bonds is 8. The highest BCUT2D eigenvalue weighted by atomic mass is 16.7. The van der Waals surface area contributed by atoms with Crippen LogP contribution in [0.3, 0.4) is 0 Å². The molecule has 1 saturated heterocycles. The fraction of sp³-hybridized carbons (Fsp3) is 0.409. The SMILES string of the molecule is CC(=O)N[C@H]1[C@@H]([C@H](C)OCc2ccccc2)OC(O)[C@@H]1OCc1ccccc1. The van der Waals surface area contributed by atoms with Gasteiger partial charge in [0.05, 0.1) is 25.4 Å². The van der Waals surface area contributed by atoms with Gasteiger partial charge in [0.15, 0.2) is 6.29 Å². The van der Waals surface area contributed by atoms with E-state index in [0.29, 0.717) is 13.2 Å². The molecular formula is C22H27NO5. The summed E-state index contributed by atoms with van der Waals surface area (Å²) in [5, 5.41) is 13.3. The topological polar surface area (TPSA) is 77.0 Å². The highest BCUT2D eigenvalue weighted by Gasteiger charge is 2.47. The first-order valence-electron chi connectivity index (χ1n) is 9.46. The predicted octanol–water partition coefficient (Wildman–Crippen LogP) is 2.40. The summed E-state index contributed by atoms with van der Waals surface area (Å²) in [6.07, 6.45) is -2.70. The Kier molecular flexibility index (Phi) is 7.17. The average Bonchev–Trinajstić information content (AvgIpc) is 3.01. The Bertz CT molecular complexity index is 739. The monoisotopic (exact) mass is 385 g/mol. The number of hydrogen-bond donors (Lipinski definition) is 2. The van der Waals surface area contributed by atoms with E-state index in [1.54, 1.807) is 0 Å². The Hall–Kier alpha value is -2.25. The second kappa shape index (κ2) is 9.80. The summed E-state index contributed by atoms with van der Waals surface area (Å²) in [6.45, 7) is 4.04. The smallest absolute Gasteiger partial charge is 0.217 e. The molecule has 0 aliphatic carbocycles. The second-order valence-corrected chi connectivity index (χ2v) is 6.98. The summed E-state index contributed by atoms with van der Waals surface area (Å²) in [5.41, 5.74) is 2.02. The molecule has 28 heavy (non-hydrogen) atoms. The number of amides is 1. The van der Waals surface area contributed by atoms with Crippen LogP contribution in [0.4, 0.5) is 0 Å². The quantitative estimate of drug-likeness (QED) is 0.730. The molecule has 1 amide bonds. The average molecular weight is 385 g/mol. The lowest BCUT2D eigenvalue weighted by atomic mass is 10.0. The van der Waals surface area contributed by atoms with Crippen molar-refractivity contribution < 1.29 is 24.1 Å². The van der Waals surface area contributed by atoms with Gasteiger partial charge in [0.2, 0.25) is 5.91 Å². The maximum atomic E-state index is 11.7. The zero-order valence-electron chi connectivity index (χ0n) is 16.2. The molecule has 1 fully saturated rings. The minimum atomic E-state index is -1.15. The fourth-order valence-electron chi connectivity index (χ4n) is 3.34. The lowest BCUT2D eigenvalue weighted by Gasteiger charge is -2.27. The molecule has 2 aromatic carbocycles. The highest BCUT2D eigenvalue weighted by molar-refractivity contribution is 5.73. The van der Waals surface area contributed by atoms with Crippen molar-refractivity contribution in [3.8, 4) is 0 Å². The van der Waals surface area contributed by atoms with E-state index in [2.05, 4.69) is 5.32 Å². The summed E-state index contributed by atoms with van der Waals surface area (Å²) >= 11 is 0. The number of aliphatic hydroxyl groups excluding tert-OH is 1. The van der Waals surface area contributed by atoms with Crippen molar-refractivity contribution in [2.45, 2.75) is 57.7 Å². The standard InChI is InChI=1S/C22H27NO5/c1-15(26-13-17-9-5-3-6-10-17)20-19(23-16(2)24)21(22(25)28-20)27-14-18-11-7-4-8-12-18/h3-12,15,19-22,25H,13-14H2,1-2H3,(H,23,24)/t15-,19-,20+,21+,22?/m0/s1. The van der Waals surface area contributed by atoms with Gasteiger partial charge >= 0.3 is 0 Å². The van der Waals surface area contributed by atoms with Crippen LogP contribution in [-0.2, 0) is 32.2 Å². The third-order valence-electron chi connectivity index (χ3n) is 4.76. The number of carbonyl (C=O) groups excluding carboxylic acids is 1. The van der Waals surface area contributed by atoms with Crippen LogP contribution in [0.25, 0.3) is 0 Å². The number of benzene rings is 2. The molecule has 2 N–H and O–H groups in total. The molecule has 0 spiro atoms. The highest BCUT2D eigenvalue weighted by Crippen LogP contribution is 2.27. The van der Waals surface area contributed by atoms with Crippen LogP contribution in [0.15, 0.2) is 60.7 Å². The van der Waals surface area contributed by atoms with Gasteiger partial charge in [-0.15, -0.1) is 0 Å². The van der Waals surface area contributed by atoms with Crippen LogP contribution in [0.2, 0.25) is 0 Å². The van der Waals surface area contributed by atoms with E-state index in [0.717, 1.165) is 11.1 Å². The lowest BCUT2D eigenvalue weighted by molar-refractivity contribution is -0.162. The number of carbonyl (C=O) groups is 1. The van der Waals surface area contributed by atoms with E-state index in [1.165, 1.54) is 6.92 Å². The number of nitrogens with one attached hydrogen (secondary N) is 1. The molecule has 1 heterocycles. The van der Waals surface area contributed by atoms with Crippen molar-refractivity contribution in [3.63, 3.8) is 0 Å². The van der Waals surface area contributed by atoms with Crippen molar-refractivity contribution in [3.05, 3.63) is 71.8 Å². The summed E-state index contributed by atoms with van der Waals surface area (Å²) < 4.78 is 17.6. The van der Waals surface area contributed by atoms with Crippen molar-refractivity contribution in [1.29, 1.82) is 0 Å². The molecule has 2 aromatic rings. The minimum Gasteiger partial charge on any atom is -0.371 e. The number of ether oxygens (including phenoxy) is 3. The molecule has 0 saturated carbocycles. The Morgan fingerprint density at radius 1 is 1.07 bits per heavy atom. The zero-order chi connectivity index (χ0) is 19.9. The molecule has 1 unspecified atom stereocenters. The third kappa shape index (κ3) is 5.39. The van der Waals surface area contributed by atoms with Gasteiger partial charge in [0.25, 0.3) is 0 Å². The van der Waals surface area contributed by atoms with Crippen LogP contribution in [0.5, 0.6) is 0 Å². The number of aliphatic hydroxyl groups is 1. The summed E-state index contributed by atoms with van der Waals surface area (Å²) in [5.74, 6) is -0.212. The van der Waals surface area contributed by atoms with Gasteiger partial charge in [-0.25, -0.2) is 0 Å². The summed E-state index contributed by atoms with van der Waals surface area (Å²) in [6, 6.07) is 19.0. The van der Waals surface area contributed by atoms with Gasteiger partial charge in [-0.3, -0.25) is 4.79 Å². The third-order valence-corrected chi connectivity index (χ3v) is 4.76. The fourth-order valence-corrected chi connectivity index (χ4v) is 3.34. The largest absolute Gasteiger partial charge is 0.371 e. The second-order valence-electron chi connectivity index (χ2n) is 6.98. The minimum absolute atomic E-state index is 0.212. The molecule has 0 radical (unpaired) electrons. The Labute approximate surface area is 165 Å². The van der Waals surface area contributed by atoms with E-state index in [-0.39, 0.29) is 12.0 Å². The molecule has 1 aliphatic rings. The van der Waals surface area contributed by atoms with Gasteiger partial charge in [-0.05, 0) is 18.1 Å². The number of hydrogen-bond acceptors (Lipinski definition) is 5. The van der Waals surface area contributed by atoms with E-state index in [9.17, 15) is 9.90 Å². The van der Waals surface area contributed by atoms with Crippen LogP contribution in [0, 0.1) is 0 Å². The molecule has 6 heteroatoms. The first-order chi connectivity index (χ1) is 13.5. The van der Waals surface area contributed by atoms with Gasteiger partial charge in [-0.2, -0.15) is 0 Å². The zero-order valence-corrected chi connectivity index (χ0v) is 16.2. The van der Waals surface area contributed by atoms with Crippen molar-refractivity contribution in [2.24, 2.45) is 0 Å². The Balaban J connectivity index is 1.64. The lowest BCUT2D eigenvalue weighted by Crippen LogP contribution is -2.51. The molecular weight excluding hydrogens is 358 g/mol. The van der Waals surface area contributed by atoms with Crippen LogP contribution < -0.4 is 5.32 Å². The predicted molar refractivity (Wildman–Crippen MR) is 104 cm³/mol. The molecule has 5 atom stereocenters. The molecule has 3 rings (SSSR count). The van der Waals surface area contributed by atoms with Gasteiger partial charge in [-0.1, -0.05) is 60.7 Å². The van der Waals surface area contributed by atoms with Crippen molar-refractivity contribution in [1.82, 2.24) is 5.32 Å². The normalized spacial score (nSPS) is 25.4. The van der Waals surface area contributed by atoms with Gasteiger partial charge in [0, 0.05) is 6.92 Å². The molecule has 1 aliphatic heterocycles. The Morgan fingerprint density at radius 3 is 2.21 bits per heavy atom. The van der Waals surface area contributed by atoms with Crippen LogP contribution in [-0.4, -0.2) is 41.7 Å². The maximum Gasteiger partial charge on any atom is 0.217 e. The first-order valence-corrected chi connectivity index (χ1v) is 9.46. The van der Waals surface area contributed by atoms with Crippen LogP contribution >= 0.6 is 0 Å². The van der Waals surface area contributed by atoms with E-state index >= 15 is 0 Å². The van der Waals surface area contributed by atoms with E-state index in [1.807, 2.05) is 67.6 Å². The van der Waals surface area contributed by atoms with Crippen molar-refractivity contribution >= 4 is 5.91 Å². The van der Waals surface area contributed by atoms with Gasteiger partial charge < -0.3 is 24.6 Å². The van der Waals surface area contributed by atoms with Gasteiger partial charge in [0.1, 0.15) is 12.2 Å². The van der Waals surface area contributed by atoms with E-state index < -0.39 is 24.5 Å². The maximum absolute atomic E-state index is 11.7. The Morgan fingerprint density at radius 2 is 1.64 bits per heavy atom. The molecule has 0 bridgehead atoms. The van der Waals surface area contributed by atoms with Crippen LogP contribution in [0.1, 0.15) is 25.0 Å². The first kappa shape index (κ1) is 20.5. The van der Waals surface area contributed by atoms with E-state index in [4.69, 9.17) is 14.2 Å². The van der Waals surface area contributed by atoms with Crippen molar-refractivity contribution in [2.75, 3.05) is 0 Å². The summed E-state index contributed by atoms with van der Waals surface area (Å²) in [4.78, 5) is 11.7. The molecule has 6 nitrogen and oxygen atoms in total. The molecule has 0 aromatic heterocycles. The summed E-state index contributed by atoms with van der Waals surface area (Å²) in [7, 11) is 0. The molecule has 150 valence electrons.